The maximum absolute atomic E-state index is 14.2. The lowest BCUT2D eigenvalue weighted by Gasteiger charge is -2.58. The summed E-state index contributed by atoms with van der Waals surface area (Å²) >= 11 is 1.06. The van der Waals surface area contributed by atoms with E-state index in [1.165, 1.54) is 12.3 Å². The molecule has 1 aliphatic heterocycles. The van der Waals surface area contributed by atoms with Crippen LogP contribution in [-0.4, -0.2) is 57.2 Å². The number of benzene rings is 1. The molecule has 1 aliphatic carbocycles. The van der Waals surface area contributed by atoms with Crippen molar-refractivity contribution >= 4 is 17.2 Å². The Morgan fingerprint density at radius 2 is 2.05 bits per heavy atom. The fourth-order valence-corrected chi connectivity index (χ4v) is 7.04. The minimum absolute atomic E-state index is 0.0564. The molecule has 1 saturated carbocycles. The fourth-order valence-electron chi connectivity index (χ4n) is 6.17. The zero-order valence-corrected chi connectivity index (χ0v) is 23.6. The van der Waals surface area contributed by atoms with Crippen molar-refractivity contribution in [3.63, 3.8) is 0 Å². The molecule has 5 rings (SSSR count). The van der Waals surface area contributed by atoms with Crippen LogP contribution in [-0.2, 0) is 11.2 Å². The maximum Gasteiger partial charge on any atom is 0.278 e. The van der Waals surface area contributed by atoms with Gasteiger partial charge in [-0.05, 0) is 43.7 Å². The number of pyridine rings is 1. The Morgan fingerprint density at radius 1 is 1.30 bits per heavy atom. The molecule has 0 bridgehead atoms. The van der Waals surface area contributed by atoms with Crippen LogP contribution in [0.2, 0.25) is 0 Å². The van der Waals surface area contributed by atoms with Crippen molar-refractivity contribution in [2.24, 2.45) is 11.8 Å². The molecular formula is C28H31F2N5O4S. The Hall–Kier alpha value is -3.80. The summed E-state index contributed by atoms with van der Waals surface area (Å²) in [5.41, 5.74) is -1.25. The van der Waals surface area contributed by atoms with Crippen LogP contribution in [0.5, 0.6) is 5.75 Å². The minimum Gasteiger partial charge on any atom is -0.502 e. The summed E-state index contributed by atoms with van der Waals surface area (Å²) in [6, 6.07) is 3.30. The number of carbonyl (C=O) groups excluding carboxylic acids is 1. The van der Waals surface area contributed by atoms with E-state index in [4.69, 9.17) is 4.74 Å². The van der Waals surface area contributed by atoms with Gasteiger partial charge >= 0.3 is 0 Å². The topological polar surface area (TPSA) is 101 Å². The average Bonchev–Trinajstić information content (AvgIpc) is 3.38. The largest absolute Gasteiger partial charge is 0.502 e. The van der Waals surface area contributed by atoms with E-state index >= 15 is 0 Å². The van der Waals surface area contributed by atoms with E-state index in [1.54, 1.807) is 16.7 Å². The highest BCUT2D eigenvalue weighted by Gasteiger charge is 2.53. The summed E-state index contributed by atoms with van der Waals surface area (Å²) in [6.07, 6.45) is 3.58. The van der Waals surface area contributed by atoms with E-state index in [0.29, 0.717) is 30.2 Å². The number of amides is 1. The monoisotopic (exact) mass is 571 g/mol. The third kappa shape index (κ3) is 4.34. The lowest BCUT2D eigenvalue weighted by atomic mass is 9.72. The van der Waals surface area contributed by atoms with Crippen LogP contribution < -0.4 is 10.4 Å². The molecule has 2 aromatic heterocycles. The second-order valence-corrected chi connectivity index (χ2v) is 11.4. The van der Waals surface area contributed by atoms with Gasteiger partial charge in [0.15, 0.2) is 16.5 Å². The van der Waals surface area contributed by atoms with Crippen LogP contribution in [0, 0.1) is 23.5 Å². The highest BCUT2D eigenvalue weighted by atomic mass is 32.1. The number of carbonyl (C=O) groups is 1. The lowest BCUT2D eigenvalue weighted by Crippen LogP contribution is -2.70. The molecule has 40 heavy (non-hydrogen) atoms. The van der Waals surface area contributed by atoms with Crippen molar-refractivity contribution in [1.29, 1.82) is 0 Å². The first-order valence-corrected chi connectivity index (χ1v) is 13.9. The van der Waals surface area contributed by atoms with E-state index in [0.717, 1.165) is 29.9 Å². The molecule has 1 N–H and O–H groups in total. The minimum atomic E-state index is -0.746. The molecule has 2 aliphatic rings. The molecule has 1 unspecified atom stereocenters. The molecule has 212 valence electrons. The number of ether oxygens (including phenoxy) is 1. The van der Waals surface area contributed by atoms with Gasteiger partial charge in [0.05, 0.1) is 18.4 Å². The Morgan fingerprint density at radius 3 is 2.70 bits per heavy atom. The van der Waals surface area contributed by atoms with Crippen LogP contribution in [0.4, 0.5) is 8.78 Å². The molecule has 12 heteroatoms. The standard InChI is InChI=1S/C28H31F2N5O4S/c1-6-34-27(38)23-25(37)24(36)20(26-32-31-22(40-26)11-17-7-8-18(29)12-21(17)30)14-35(23)33(4)28(34)10-9-19(15(2)13-28)16(3)39-5/h7-8,12,14-15,19,37H,3,6,9-11,13H2,1-2,4-5H3/t15-,19+,28?/m1/s1. The van der Waals surface area contributed by atoms with Gasteiger partial charge in [0.25, 0.3) is 5.91 Å². The number of fused-ring (bicyclic) bond motifs is 1. The van der Waals surface area contributed by atoms with Crippen molar-refractivity contribution in [3.05, 3.63) is 74.9 Å². The van der Waals surface area contributed by atoms with Crippen LogP contribution in [0.25, 0.3) is 10.6 Å². The summed E-state index contributed by atoms with van der Waals surface area (Å²) in [5.74, 6) is -1.47. The quantitative estimate of drug-likeness (QED) is 0.441. The molecule has 3 heterocycles. The van der Waals surface area contributed by atoms with Crippen molar-refractivity contribution in [3.8, 4) is 16.3 Å². The number of aromatic nitrogens is 3. The Kier molecular flexibility index (Phi) is 7.15. The van der Waals surface area contributed by atoms with Gasteiger partial charge in [0, 0.05) is 38.2 Å². The number of nitrogens with zero attached hydrogens (tertiary/aromatic N) is 5. The zero-order valence-electron chi connectivity index (χ0n) is 22.8. The third-order valence-electron chi connectivity index (χ3n) is 8.28. The first-order valence-electron chi connectivity index (χ1n) is 13.1. The number of rotatable bonds is 6. The van der Waals surface area contributed by atoms with Crippen molar-refractivity contribution in [2.75, 3.05) is 25.7 Å². The van der Waals surface area contributed by atoms with E-state index in [9.17, 15) is 23.5 Å². The van der Waals surface area contributed by atoms with Gasteiger partial charge in [-0.15, -0.1) is 10.2 Å². The molecule has 3 atom stereocenters. The van der Waals surface area contributed by atoms with Gasteiger partial charge in [0.2, 0.25) is 5.43 Å². The van der Waals surface area contributed by atoms with Crippen LogP contribution >= 0.6 is 11.3 Å². The number of methoxy groups -OCH3 is 1. The first kappa shape index (κ1) is 27.8. The summed E-state index contributed by atoms with van der Waals surface area (Å²) in [6.45, 7) is 8.43. The SMILES string of the molecule is C=C(OC)[C@H]1CCC2(C[C@H]1C)N(CC)C(=O)c1c(O)c(=O)c(-c3nnc(Cc4ccc(F)cc4F)s3)cn1N2C. The number of aromatic hydroxyl groups is 1. The molecule has 1 amide bonds. The van der Waals surface area contributed by atoms with E-state index < -0.39 is 34.4 Å². The van der Waals surface area contributed by atoms with Crippen LogP contribution in [0.3, 0.4) is 0 Å². The number of halogens is 2. The van der Waals surface area contributed by atoms with Crippen LogP contribution in [0.1, 0.15) is 54.2 Å². The second-order valence-electron chi connectivity index (χ2n) is 10.4. The van der Waals surface area contributed by atoms with Gasteiger partial charge < -0.3 is 14.7 Å². The van der Waals surface area contributed by atoms with E-state index in [1.807, 2.05) is 19.0 Å². The summed E-state index contributed by atoms with van der Waals surface area (Å²) < 4.78 is 34.4. The number of allylic oxidation sites excluding steroid dienone is 1. The van der Waals surface area contributed by atoms with Gasteiger partial charge in [-0.3, -0.25) is 19.3 Å². The Balaban J connectivity index is 1.54. The fraction of sp³-hybridized carbons (Fsp3) is 0.429. The average molecular weight is 572 g/mol. The van der Waals surface area contributed by atoms with E-state index in [2.05, 4.69) is 23.7 Å². The lowest BCUT2D eigenvalue weighted by molar-refractivity contribution is -0.00803. The van der Waals surface area contributed by atoms with Crippen molar-refractivity contribution in [2.45, 2.75) is 45.2 Å². The molecule has 0 saturated heterocycles. The van der Waals surface area contributed by atoms with Gasteiger partial charge in [-0.25, -0.2) is 8.78 Å². The van der Waals surface area contributed by atoms with Gasteiger partial charge in [0.1, 0.15) is 22.3 Å². The highest BCUT2D eigenvalue weighted by Crippen LogP contribution is 2.46. The number of hydrogen-bond acceptors (Lipinski definition) is 8. The maximum atomic E-state index is 14.2. The normalized spacial score (nSPS) is 22.5. The molecule has 3 aromatic rings. The van der Waals surface area contributed by atoms with Gasteiger partial charge in [-0.2, -0.15) is 0 Å². The highest BCUT2D eigenvalue weighted by molar-refractivity contribution is 7.14. The van der Waals surface area contributed by atoms with Crippen LogP contribution in [0.15, 0.2) is 41.5 Å². The summed E-state index contributed by atoms with van der Waals surface area (Å²) in [7, 11) is 3.45. The third-order valence-corrected chi connectivity index (χ3v) is 9.23. The smallest absolute Gasteiger partial charge is 0.278 e. The molecule has 9 nitrogen and oxygen atoms in total. The Labute approximate surface area is 234 Å². The number of hydrogen-bond donors (Lipinski definition) is 1. The predicted octanol–water partition coefficient (Wildman–Crippen LogP) is 4.28. The molecule has 0 radical (unpaired) electrons. The van der Waals surface area contributed by atoms with E-state index in [-0.39, 0.29) is 40.1 Å². The molecule has 1 aromatic carbocycles. The predicted molar refractivity (Wildman–Crippen MR) is 147 cm³/mol. The van der Waals surface area contributed by atoms with Crippen molar-refractivity contribution in [1.82, 2.24) is 19.8 Å². The first-order chi connectivity index (χ1) is 19.0. The zero-order chi connectivity index (χ0) is 28.9. The van der Waals surface area contributed by atoms with Crippen molar-refractivity contribution < 1.29 is 23.4 Å². The molecular weight excluding hydrogens is 540 g/mol. The molecule has 1 spiro atoms. The Bertz CT molecular complexity index is 1560. The molecule has 1 fully saturated rings. The summed E-state index contributed by atoms with van der Waals surface area (Å²) in [4.78, 5) is 28.8. The van der Waals surface area contributed by atoms with Gasteiger partial charge in [-0.1, -0.05) is 30.9 Å². The summed E-state index contributed by atoms with van der Waals surface area (Å²) in [5, 5.41) is 21.8. The second kappa shape index (κ2) is 10.3.